The third kappa shape index (κ3) is 3.93. The van der Waals surface area contributed by atoms with Crippen LogP contribution in [0, 0.1) is 0 Å². The average Bonchev–Trinajstić information content (AvgIpc) is 2.95. The van der Waals surface area contributed by atoms with Crippen LogP contribution in [0.25, 0.3) is 10.1 Å². The van der Waals surface area contributed by atoms with E-state index in [0.29, 0.717) is 11.3 Å². The van der Waals surface area contributed by atoms with Crippen molar-refractivity contribution in [2.45, 2.75) is 43.9 Å². The zero-order valence-electron chi connectivity index (χ0n) is 12.7. The van der Waals surface area contributed by atoms with Crippen molar-refractivity contribution in [1.82, 2.24) is 9.69 Å². The van der Waals surface area contributed by atoms with Crippen molar-refractivity contribution < 1.29 is 4.79 Å². The molecule has 1 aromatic heterocycles. The van der Waals surface area contributed by atoms with Crippen molar-refractivity contribution in [2.24, 2.45) is 0 Å². The molecule has 118 valence electrons. The lowest BCUT2D eigenvalue weighted by molar-refractivity contribution is 0.244. The van der Waals surface area contributed by atoms with E-state index in [2.05, 4.69) is 21.9 Å². The van der Waals surface area contributed by atoms with Crippen LogP contribution in [0.2, 0.25) is 0 Å². The molecular weight excluding hydrogens is 314 g/mol. The van der Waals surface area contributed by atoms with Gasteiger partial charge in [-0.3, -0.25) is 0 Å². The predicted molar refractivity (Wildman–Crippen MR) is 96.0 cm³/mol. The maximum absolute atomic E-state index is 12.2. The number of hydrogen-bond acceptors (Lipinski definition) is 4. The van der Waals surface area contributed by atoms with E-state index < -0.39 is 0 Å². The summed E-state index contributed by atoms with van der Waals surface area (Å²) >= 11 is 3.48. The van der Waals surface area contributed by atoms with Gasteiger partial charge in [-0.15, -0.1) is 0 Å². The summed E-state index contributed by atoms with van der Waals surface area (Å²) in [5.41, 5.74) is 0.820. The molecule has 0 unspecified atom stereocenters. The normalized spacial score (nSPS) is 21.7. The summed E-state index contributed by atoms with van der Waals surface area (Å²) < 4.78 is 5.29. The Labute approximate surface area is 139 Å². The highest BCUT2D eigenvalue weighted by Gasteiger charge is 2.23. The van der Waals surface area contributed by atoms with Gasteiger partial charge in [-0.05, 0) is 54.7 Å². The summed E-state index contributed by atoms with van der Waals surface area (Å²) in [4.78, 5) is 12.2. The van der Waals surface area contributed by atoms with Crippen LogP contribution in [0.1, 0.15) is 32.6 Å². The van der Waals surface area contributed by atoms with Crippen molar-refractivity contribution >= 4 is 45.1 Å². The molecule has 2 amide bonds. The smallest absolute Gasteiger partial charge is 0.319 e. The highest BCUT2D eigenvalue weighted by atomic mass is 32.2. The Morgan fingerprint density at radius 1 is 1.45 bits per heavy atom. The summed E-state index contributed by atoms with van der Waals surface area (Å²) in [7, 11) is 0. The Bertz CT molecular complexity index is 641. The number of aromatic nitrogens is 1. The van der Waals surface area contributed by atoms with E-state index in [-0.39, 0.29) is 6.03 Å². The van der Waals surface area contributed by atoms with Crippen LogP contribution in [0.15, 0.2) is 24.4 Å². The molecule has 1 fully saturated rings. The van der Waals surface area contributed by atoms with Gasteiger partial charge < -0.3 is 10.6 Å². The molecule has 3 rings (SSSR count). The molecule has 2 N–H and O–H groups in total. The number of urea groups is 1. The molecule has 0 radical (unpaired) electrons. The predicted octanol–water partition coefficient (Wildman–Crippen LogP) is 4.48. The lowest BCUT2D eigenvalue weighted by atomic mass is 9.95. The molecule has 4 nitrogen and oxygen atoms in total. The molecule has 22 heavy (non-hydrogen) atoms. The molecule has 1 heterocycles. The number of anilines is 1. The largest absolute Gasteiger partial charge is 0.335 e. The standard InChI is InChI=1S/C16H21N3OS2/c1-2-21-14-5-3-4-12(9-14)18-16(20)19-13-6-7-15-11(8-13)10-17-22-15/h6-8,10,12,14H,2-5,9H2,1H3,(H2,18,19,20)/t12-,14-/m1/s1. The van der Waals surface area contributed by atoms with E-state index in [1.807, 2.05) is 36.2 Å². The first-order valence-electron chi connectivity index (χ1n) is 7.78. The van der Waals surface area contributed by atoms with Crippen LogP contribution in [0.4, 0.5) is 10.5 Å². The second-order valence-corrected chi connectivity index (χ2v) is 8.03. The zero-order chi connectivity index (χ0) is 15.4. The Hall–Kier alpha value is -1.27. The number of nitrogens with one attached hydrogen (secondary N) is 2. The fraction of sp³-hybridized carbons (Fsp3) is 0.500. The lowest BCUT2D eigenvalue weighted by Gasteiger charge is -2.29. The summed E-state index contributed by atoms with van der Waals surface area (Å²) in [6.45, 7) is 2.20. The number of thioether (sulfide) groups is 1. The monoisotopic (exact) mass is 335 g/mol. The van der Waals surface area contributed by atoms with Gasteiger partial charge in [0.25, 0.3) is 0 Å². The molecule has 1 aromatic carbocycles. The highest BCUT2D eigenvalue weighted by Crippen LogP contribution is 2.28. The van der Waals surface area contributed by atoms with Crippen LogP contribution in [0.3, 0.4) is 0 Å². The van der Waals surface area contributed by atoms with Crippen LogP contribution >= 0.6 is 23.3 Å². The maximum atomic E-state index is 12.2. The van der Waals surface area contributed by atoms with Crippen LogP contribution in [0.5, 0.6) is 0 Å². The van der Waals surface area contributed by atoms with Crippen molar-refractivity contribution in [2.75, 3.05) is 11.1 Å². The third-order valence-corrected chi connectivity index (χ3v) is 5.99. The van der Waals surface area contributed by atoms with Gasteiger partial charge in [-0.25, -0.2) is 4.79 Å². The highest BCUT2D eigenvalue weighted by molar-refractivity contribution is 7.99. The molecule has 0 bridgehead atoms. The summed E-state index contributed by atoms with van der Waals surface area (Å²) in [5, 5.41) is 7.82. The fourth-order valence-electron chi connectivity index (χ4n) is 2.97. The minimum Gasteiger partial charge on any atom is -0.335 e. The first-order chi connectivity index (χ1) is 10.7. The summed E-state index contributed by atoms with van der Waals surface area (Å²) in [6.07, 6.45) is 6.48. The molecular formula is C16H21N3OS2. The van der Waals surface area contributed by atoms with Gasteiger partial charge in [-0.1, -0.05) is 13.3 Å². The zero-order valence-corrected chi connectivity index (χ0v) is 14.3. The Morgan fingerprint density at radius 2 is 2.36 bits per heavy atom. The molecule has 0 spiro atoms. The Morgan fingerprint density at radius 3 is 3.23 bits per heavy atom. The first-order valence-corrected chi connectivity index (χ1v) is 9.60. The van der Waals surface area contributed by atoms with Crippen LogP contribution < -0.4 is 10.6 Å². The molecule has 1 saturated carbocycles. The van der Waals surface area contributed by atoms with Crippen molar-refractivity contribution in [3.63, 3.8) is 0 Å². The van der Waals surface area contributed by atoms with Crippen LogP contribution in [-0.4, -0.2) is 27.4 Å². The van der Waals surface area contributed by atoms with Crippen molar-refractivity contribution in [3.05, 3.63) is 24.4 Å². The fourth-order valence-corrected chi connectivity index (χ4v) is 4.76. The summed E-state index contributed by atoms with van der Waals surface area (Å²) in [5.74, 6) is 1.15. The lowest BCUT2D eigenvalue weighted by Crippen LogP contribution is -2.41. The topological polar surface area (TPSA) is 54.0 Å². The van der Waals surface area contributed by atoms with Crippen molar-refractivity contribution in [3.8, 4) is 0 Å². The second kappa shape index (κ2) is 7.33. The number of fused-ring (bicyclic) bond motifs is 1. The Kier molecular flexibility index (Phi) is 5.20. The number of hydrogen-bond donors (Lipinski definition) is 2. The minimum absolute atomic E-state index is 0.102. The molecule has 0 aliphatic heterocycles. The summed E-state index contributed by atoms with van der Waals surface area (Å²) in [6, 6.07) is 6.09. The van der Waals surface area contributed by atoms with Gasteiger partial charge in [0.15, 0.2) is 0 Å². The molecule has 2 atom stereocenters. The van der Waals surface area contributed by atoms with E-state index in [0.717, 1.165) is 34.4 Å². The number of nitrogens with zero attached hydrogens (tertiary/aromatic N) is 1. The van der Waals surface area contributed by atoms with Gasteiger partial charge in [0.05, 0.1) is 4.70 Å². The number of benzene rings is 1. The number of rotatable bonds is 4. The van der Waals surface area contributed by atoms with Gasteiger partial charge >= 0.3 is 6.03 Å². The molecule has 0 saturated heterocycles. The second-order valence-electron chi connectivity index (χ2n) is 5.62. The third-order valence-electron chi connectivity index (χ3n) is 3.97. The molecule has 6 heteroatoms. The number of carbonyl (C=O) groups is 1. The maximum Gasteiger partial charge on any atom is 0.319 e. The van der Waals surface area contributed by atoms with E-state index in [9.17, 15) is 4.79 Å². The first kappa shape index (κ1) is 15.6. The van der Waals surface area contributed by atoms with Gasteiger partial charge in [0.2, 0.25) is 0 Å². The number of amides is 2. The van der Waals surface area contributed by atoms with E-state index in [1.165, 1.54) is 24.4 Å². The number of carbonyl (C=O) groups excluding carboxylic acids is 1. The molecule has 2 aromatic rings. The SMILES string of the molecule is CCS[C@@H]1CCC[C@@H](NC(=O)Nc2ccc3sncc3c2)C1. The van der Waals surface area contributed by atoms with Crippen molar-refractivity contribution in [1.29, 1.82) is 0 Å². The van der Waals surface area contributed by atoms with Crippen LogP contribution in [-0.2, 0) is 0 Å². The van der Waals surface area contributed by atoms with E-state index >= 15 is 0 Å². The minimum atomic E-state index is -0.102. The van der Waals surface area contributed by atoms with Gasteiger partial charge in [-0.2, -0.15) is 16.1 Å². The van der Waals surface area contributed by atoms with Gasteiger partial charge in [0, 0.05) is 28.6 Å². The average molecular weight is 335 g/mol. The quantitative estimate of drug-likeness (QED) is 0.866. The van der Waals surface area contributed by atoms with Gasteiger partial charge in [0.1, 0.15) is 0 Å². The van der Waals surface area contributed by atoms with E-state index in [4.69, 9.17) is 0 Å². The Balaban J connectivity index is 1.55. The molecule has 1 aliphatic rings. The van der Waals surface area contributed by atoms with E-state index in [1.54, 1.807) is 0 Å². The molecule has 1 aliphatic carbocycles.